The monoisotopic (exact) mass is 276 g/mol. The largest absolute Gasteiger partial charge is 0.353 e. The molecule has 0 saturated carbocycles. The third-order valence-corrected chi connectivity index (χ3v) is 3.45. The first-order chi connectivity index (χ1) is 9.49. The SMILES string of the molecule is CC(N)c1ccc(NC(=O)N2CCNC(=O)C2C)cc1. The van der Waals surface area contributed by atoms with Crippen molar-refractivity contribution in [2.24, 2.45) is 5.73 Å². The maximum Gasteiger partial charge on any atom is 0.322 e. The number of urea groups is 1. The summed E-state index contributed by atoms with van der Waals surface area (Å²) in [5.41, 5.74) is 7.48. The van der Waals surface area contributed by atoms with Gasteiger partial charge in [-0.1, -0.05) is 12.1 Å². The topological polar surface area (TPSA) is 87.5 Å². The van der Waals surface area contributed by atoms with Crippen molar-refractivity contribution in [3.63, 3.8) is 0 Å². The first-order valence-electron chi connectivity index (χ1n) is 6.70. The predicted octanol–water partition coefficient (Wildman–Crippen LogP) is 1.06. The highest BCUT2D eigenvalue weighted by molar-refractivity contribution is 5.94. The number of hydrogen-bond donors (Lipinski definition) is 3. The lowest BCUT2D eigenvalue weighted by Gasteiger charge is -2.32. The molecule has 20 heavy (non-hydrogen) atoms. The average molecular weight is 276 g/mol. The van der Waals surface area contributed by atoms with E-state index in [1.165, 1.54) is 4.90 Å². The van der Waals surface area contributed by atoms with Crippen molar-refractivity contribution in [3.8, 4) is 0 Å². The van der Waals surface area contributed by atoms with Gasteiger partial charge in [0.05, 0.1) is 0 Å². The molecule has 0 aromatic heterocycles. The minimum atomic E-state index is -0.452. The first-order valence-corrected chi connectivity index (χ1v) is 6.70. The molecule has 2 unspecified atom stereocenters. The van der Waals surface area contributed by atoms with Crippen LogP contribution in [0.25, 0.3) is 0 Å². The van der Waals surface area contributed by atoms with Crippen molar-refractivity contribution in [2.75, 3.05) is 18.4 Å². The van der Waals surface area contributed by atoms with E-state index in [2.05, 4.69) is 10.6 Å². The minimum absolute atomic E-state index is 0.0365. The number of carbonyl (C=O) groups excluding carboxylic acids is 2. The summed E-state index contributed by atoms with van der Waals surface area (Å²) in [5.74, 6) is -0.126. The Morgan fingerprint density at radius 2 is 2.10 bits per heavy atom. The molecular weight excluding hydrogens is 256 g/mol. The van der Waals surface area contributed by atoms with Gasteiger partial charge in [0.2, 0.25) is 5.91 Å². The smallest absolute Gasteiger partial charge is 0.322 e. The number of nitrogens with two attached hydrogens (primary N) is 1. The van der Waals surface area contributed by atoms with Gasteiger partial charge in [-0.15, -0.1) is 0 Å². The quantitative estimate of drug-likeness (QED) is 0.754. The van der Waals surface area contributed by atoms with Crippen LogP contribution in [0.3, 0.4) is 0 Å². The van der Waals surface area contributed by atoms with Gasteiger partial charge in [-0.2, -0.15) is 0 Å². The fourth-order valence-electron chi connectivity index (χ4n) is 2.13. The van der Waals surface area contributed by atoms with Crippen molar-refractivity contribution in [1.29, 1.82) is 0 Å². The van der Waals surface area contributed by atoms with Crippen LogP contribution in [0.15, 0.2) is 24.3 Å². The fraction of sp³-hybridized carbons (Fsp3) is 0.429. The Labute approximate surface area is 118 Å². The van der Waals surface area contributed by atoms with Crippen LogP contribution in [0.2, 0.25) is 0 Å². The molecule has 0 bridgehead atoms. The zero-order chi connectivity index (χ0) is 14.7. The normalized spacial score (nSPS) is 20.2. The summed E-state index contributed by atoms with van der Waals surface area (Å²) in [5, 5.41) is 5.52. The third-order valence-electron chi connectivity index (χ3n) is 3.45. The lowest BCUT2D eigenvalue weighted by atomic mass is 10.1. The Balaban J connectivity index is 2.02. The molecule has 1 aromatic rings. The summed E-state index contributed by atoms with van der Waals surface area (Å²) < 4.78 is 0. The molecule has 1 aliphatic heterocycles. The van der Waals surface area contributed by atoms with Crippen LogP contribution >= 0.6 is 0 Å². The molecule has 3 amide bonds. The van der Waals surface area contributed by atoms with Gasteiger partial charge in [0, 0.05) is 24.8 Å². The van der Waals surface area contributed by atoms with Gasteiger partial charge in [-0.25, -0.2) is 4.79 Å². The number of hydrogen-bond acceptors (Lipinski definition) is 3. The molecule has 6 nitrogen and oxygen atoms in total. The molecule has 0 radical (unpaired) electrons. The highest BCUT2D eigenvalue weighted by atomic mass is 16.2. The fourth-order valence-corrected chi connectivity index (χ4v) is 2.13. The molecule has 1 heterocycles. The van der Waals surface area contributed by atoms with Gasteiger partial charge in [0.1, 0.15) is 6.04 Å². The molecule has 1 saturated heterocycles. The highest BCUT2D eigenvalue weighted by Gasteiger charge is 2.29. The van der Waals surface area contributed by atoms with Gasteiger partial charge >= 0.3 is 6.03 Å². The lowest BCUT2D eigenvalue weighted by molar-refractivity contribution is -0.126. The van der Waals surface area contributed by atoms with Crippen LogP contribution in [-0.4, -0.2) is 36.0 Å². The maximum atomic E-state index is 12.2. The van der Waals surface area contributed by atoms with Crippen molar-refractivity contribution in [1.82, 2.24) is 10.2 Å². The molecule has 1 fully saturated rings. The van der Waals surface area contributed by atoms with Crippen LogP contribution < -0.4 is 16.4 Å². The standard InChI is InChI=1S/C14H20N4O2/c1-9(15)11-3-5-12(6-4-11)17-14(20)18-8-7-16-13(19)10(18)2/h3-6,9-10H,7-8,15H2,1-2H3,(H,16,19)(H,17,20). The minimum Gasteiger partial charge on any atom is -0.353 e. The maximum absolute atomic E-state index is 12.2. The first kappa shape index (κ1) is 14.3. The van der Waals surface area contributed by atoms with Gasteiger partial charge < -0.3 is 21.3 Å². The highest BCUT2D eigenvalue weighted by Crippen LogP contribution is 2.15. The zero-order valence-corrected chi connectivity index (χ0v) is 11.7. The Morgan fingerprint density at radius 3 is 2.70 bits per heavy atom. The number of nitrogens with one attached hydrogen (secondary N) is 2. The molecule has 108 valence electrons. The molecule has 1 aliphatic rings. The van der Waals surface area contributed by atoms with E-state index in [0.717, 1.165) is 5.56 Å². The number of rotatable bonds is 2. The second-order valence-corrected chi connectivity index (χ2v) is 5.00. The second kappa shape index (κ2) is 5.92. The van der Waals surface area contributed by atoms with E-state index in [0.29, 0.717) is 18.8 Å². The third kappa shape index (κ3) is 3.08. The van der Waals surface area contributed by atoms with E-state index in [9.17, 15) is 9.59 Å². The van der Waals surface area contributed by atoms with Gasteiger partial charge in [0.15, 0.2) is 0 Å². The molecule has 0 spiro atoms. The van der Waals surface area contributed by atoms with Crippen LogP contribution in [0, 0.1) is 0 Å². The number of nitrogens with zero attached hydrogens (tertiary/aromatic N) is 1. The van der Waals surface area contributed by atoms with E-state index < -0.39 is 6.04 Å². The number of anilines is 1. The van der Waals surface area contributed by atoms with E-state index in [1.807, 2.05) is 31.2 Å². The lowest BCUT2D eigenvalue weighted by Crippen LogP contribution is -2.56. The van der Waals surface area contributed by atoms with Crippen LogP contribution in [0.1, 0.15) is 25.5 Å². The average Bonchev–Trinajstić information content (AvgIpc) is 2.42. The van der Waals surface area contributed by atoms with Crippen LogP contribution in [0.5, 0.6) is 0 Å². The van der Waals surface area contributed by atoms with Gasteiger partial charge in [-0.3, -0.25) is 4.79 Å². The molecule has 4 N–H and O–H groups in total. The summed E-state index contributed by atoms with van der Waals surface area (Å²) >= 11 is 0. The Kier molecular flexibility index (Phi) is 4.24. The van der Waals surface area contributed by atoms with Crippen molar-refractivity contribution in [2.45, 2.75) is 25.9 Å². The molecule has 2 atom stereocenters. The summed E-state index contributed by atoms with van der Waals surface area (Å²) in [6.45, 7) is 4.62. The molecule has 0 aliphatic carbocycles. The summed E-state index contributed by atoms with van der Waals surface area (Å²) in [7, 11) is 0. The van der Waals surface area contributed by atoms with E-state index in [1.54, 1.807) is 6.92 Å². The number of benzene rings is 1. The van der Waals surface area contributed by atoms with Crippen LogP contribution in [0.4, 0.5) is 10.5 Å². The zero-order valence-electron chi connectivity index (χ0n) is 11.7. The Hall–Kier alpha value is -2.08. The summed E-state index contributed by atoms with van der Waals surface area (Å²) in [6.07, 6.45) is 0. The second-order valence-electron chi connectivity index (χ2n) is 5.00. The van der Waals surface area contributed by atoms with Crippen molar-refractivity contribution < 1.29 is 9.59 Å². The molecular formula is C14H20N4O2. The van der Waals surface area contributed by atoms with Crippen molar-refractivity contribution in [3.05, 3.63) is 29.8 Å². The summed E-state index contributed by atoms with van der Waals surface area (Å²) in [6, 6.07) is 6.63. The van der Waals surface area contributed by atoms with Crippen molar-refractivity contribution >= 4 is 17.6 Å². The van der Waals surface area contributed by atoms with E-state index in [-0.39, 0.29) is 18.0 Å². The van der Waals surface area contributed by atoms with Gasteiger partial charge in [-0.05, 0) is 31.5 Å². The number of carbonyl (C=O) groups is 2. The molecule has 2 rings (SSSR count). The molecule has 6 heteroatoms. The number of amides is 3. The van der Waals surface area contributed by atoms with Gasteiger partial charge in [0.25, 0.3) is 0 Å². The Morgan fingerprint density at radius 1 is 1.45 bits per heavy atom. The molecule has 1 aromatic carbocycles. The number of piperazine rings is 1. The van der Waals surface area contributed by atoms with Crippen LogP contribution in [-0.2, 0) is 4.79 Å². The predicted molar refractivity (Wildman–Crippen MR) is 77.2 cm³/mol. The Bertz CT molecular complexity index is 498. The van der Waals surface area contributed by atoms with E-state index in [4.69, 9.17) is 5.73 Å². The van der Waals surface area contributed by atoms with E-state index >= 15 is 0 Å². The summed E-state index contributed by atoms with van der Waals surface area (Å²) in [4.78, 5) is 25.2.